The van der Waals surface area contributed by atoms with Crippen molar-refractivity contribution in [2.24, 2.45) is 5.73 Å². The van der Waals surface area contributed by atoms with E-state index in [0.717, 1.165) is 10.7 Å². The molecule has 1 aromatic rings. The summed E-state index contributed by atoms with van der Waals surface area (Å²) in [6.45, 7) is 0. The first-order valence-corrected chi connectivity index (χ1v) is 4.50. The summed E-state index contributed by atoms with van der Waals surface area (Å²) in [7, 11) is 0. The van der Waals surface area contributed by atoms with Crippen molar-refractivity contribution >= 4 is 29.1 Å². The van der Waals surface area contributed by atoms with Gasteiger partial charge in [0.05, 0.1) is 5.69 Å². The lowest BCUT2D eigenvalue weighted by Gasteiger charge is -2.00. The van der Waals surface area contributed by atoms with Gasteiger partial charge in [0, 0.05) is 9.92 Å². The summed E-state index contributed by atoms with van der Waals surface area (Å²) in [6, 6.07) is 5.73. The molecule has 4 heteroatoms. The lowest BCUT2D eigenvalue weighted by atomic mass is 10.3. The molecule has 0 spiro atoms. The summed E-state index contributed by atoms with van der Waals surface area (Å²) in [5.41, 5.74) is 6.66. The Labute approximate surface area is 74.1 Å². The summed E-state index contributed by atoms with van der Waals surface area (Å²) in [6.07, 6.45) is 0. The first-order valence-electron chi connectivity index (χ1n) is 3.24. The highest BCUT2D eigenvalue weighted by atomic mass is 35.5. The van der Waals surface area contributed by atoms with Crippen LogP contribution in [-0.4, -0.2) is 5.50 Å². The Morgan fingerprint density at radius 1 is 1.55 bits per heavy atom. The zero-order valence-electron chi connectivity index (χ0n) is 5.67. The van der Waals surface area contributed by atoms with E-state index in [4.69, 9.17) is 17.3 Å². The van der Waals surface area contributed by atoms with E-state index < -0.39 is 0 Å². The fourth-order valence-electron chi connectivity index (χ4n) is 1.04. The zero-order valence-corrected chi connectivity index (χ0v) is 7.25. The number of halogens is 1. The molecule has 3 N–H and O–H groups in total. The Kier molecular flexibility index (Phi) is 1.71. The number of benzene rings is 1. The Hall–Kier alpha value is -0.380. The number of thioether (sulfide) groups is 1. The van der Waals surface area contributed by atoms with E-state index in [2.05, 4.69) is 5.32 Å². The SMILES string of the molecule is NC1Nc2cc(Cl)ccc2S1. The highest BCUT2D eigenvalue weighted by molar-refractivity contribution is 8.00. The molecular weight excluding hydrogens is 180 g/mol. The van der Waals surface area contributed by atoms with Crippen LogP contribution < -0.4 is 11.1 Å². The summed E-state index contributed by atoms with van der Waals surface area (Å²) >= 11 is 7.39. The summed E-state index contributed by atoms with van der Waals surface area (Å²) < 4.78 is 0. The molecule has 58 valence electrons. The molecule has 0 saturated carbocycles. The first-order chi connectivity index (χ1) is 5.25. The van der Waals surface area contributed by atoms with E-state index in [-0.39, 0.29) is 5.50 Å². The number of fused-ring (bicyclic) bond motifs is 1. The van der Waals surface area contributed by atoms with Gasteiger partial charge >= 0.3 is 0 Å². The number of nitrogens with two attached hydrogens (primary N) is 1. The maximum Gasteiger partial charge on any atom is 0.127 e. The zero-order chi connectivity index (χ0) is 7.84. The third-order valence-electron chi connectivity index (χ3n) is 1.49. The normalized spacial score (nSPS) is 21.1. The first kappa shape index (κ1) is 7.28. The summed E-state index contributed by atoms with van der Waals surface area (Å²) in [4.78, 5) is 1.17. The topological polar surface area (TPSA) is 38.0 Å². The molecule has 1 heterocycles. The molecule has 1 aliphatic rings. The maximum absolute atomic E-state index is 5.78. The van der Waals surface area contributed by atoms with Crippen LogP contribution in [-0.2, 0) is 0 Å². The van der Waals surface area contributed by atoms with Crippen LogP contribution in [0.3, 0.4) is 0 Å². The monoisotopic (exact) mass is 186 g/mol. The van der Waals surface area contributed by atoms with E-state index >= 15 is 0 Å². The minimum Gasteiger partial charge on any atom is -0.360 e. The second kappa shape index (κ2) is 2.59. The maximum atomic E-state index is 5.78. The highest BCUT2D eigenvalue weighted by Crippen LogP contribution is 2.37. The molecule has 11 heavy (non-hydrogen) atoms. The number of rotatable bonds is 0. The predicted molar refractivity (Wildman–Crippen MR) is 48.9 cm³/mol. The van der Waals surface area contributed by atoms with E-state index in [1.54, 1.807) is 11.8 Å². The average molecular weight is 187 g/mol. The van der Waals surface area contributed by atoms with Crippen LogP contribution in [0.2, 0.25) is 5.02 Å². The van der Waals surface area contributed by atoms with Crippen molar-refractivity contribution in [1.82, 2.24) is 0 Å². The highest BCUT2D eigenvalue weighted by Gasteiger charge is 2.16. The van der Waals surface area contributed by atoms with E-state index in [0.29, 0.717) is 0 Å². The Morgan fingerprint density at radius 2 is 2.36 bits per heavy atom. The van der Waals surface area contributed by atoms with Crippen LogP contribution >= 0.6 is 23.4 Å². The molecule has 0 radical (unpaired) electrons. The van der Waals surface area contributed by atoms with Crippen molar-refractivity contribution in [2.75, 3.05) is 5.32 Å². The van der Waals surface area contributed by atoms with Gasteiger partial charge in [-0.1, -0.05) is 23.4 Å². The van der Waals surface area contributed by atoms with Crippen molar-refractivity contribution < 1.29 is 0 Å². The minimum atomic E-state index is -0.0246. The van der Waals surface area contributed by atoms with Crippen LogP contribution in [0.5, 0.6) is 0 Å². The van der Waals surface area contributed by atoms with Gasteiger partial charge in [-0.25, -0.2) is 0 Å². The quantitative estimate of drug-likeness (QED) is 0.652. The third-order valence-corrected chi connectivity index (χ3v) is 2.71. The minimum absolute atomic E-state index is 0.0246. The van der Waals surface area contributed by atoms with Gasteiger partial charge in [0.15, 0.2) is 0 Å². The number of anilines is 1. The predicted octanol–water partition coefficient (Wildman–Crippen LogP) is 2.10. The fraction of sp³-hybridized carbons (Fsp3) is 0.143. The van der Waals surface area contributed by atoms with Gasteiger partial charge in [0.2, 0.25) is 0 Å². The average Bonchev–Trinajstić information content (AvgIpc) is 2.27. The summed E-state index contributed by atoms with van der Waals surface area (Å²) in [5.74, 6) is 0. The number of nitrogens with one attached hydrogen (secondary N) is 1. The molecular formula is C7H7ClN2S. The van der Waals surface area contributed by atoms with Crippen molar-refractivity contribution in [3.63, 3.8) is 0 Å². The molecule has 0 saturated heterocycles. The van der Waals surface area contributed by atoms with Gasteiger partial charge in [-0.3, -0.25) is 0 Å². The van der Waals surface area contributed by atoms with Crippen molar-refractivity contribution in [3.05, 3.63) is 23.2 Å². The van der Waals surface area contributed by atoms with Crippen LogP contribution in [0.15, 0.2) is 23.1 Å². The van der Waals surface area contributed by atoms with Gasteiger partial charge in [-0.2, -0.15) is 0 Å². The van der Waals surface area contributed by atoms with Gasteiger partial charge in [0.1, 0.15) is 5.50 Å². The number of hydrogen-bond acceptors (Lipinski definition) is 3. The van der Waals surface area contributed by atoms with E-state index in [9.17, 15) is 0 Å². The van der Waals surface area contributed by atoms with Gasteiger partial charge in [-0.05, 0) is 18.2 Å². The second-order valence-corrected chi connectivity index (χ2v) is 3.94. The molecule has 1 unspecified atom stereocenters. The van der Waals surface area contributed by atoms with Crippen LogP contribution in [0.1, 0.15) is 0 Å². The van der Waals surface area contributed by atoms with Gasteiger partial charge in [0.25, 0.3) is 0 Å². The molecule has 0 aromatic heterocycles. The Balaban J connectivity index is 2.43. The van der Waals surface area contributed by atoms with E-state index in [1.807, 2.05) is 18.2 Å². The van der Waals surface area contributed by atoms with Crippen LogP contribution in [0.4, 0.5) is 5.69 Å². The molecule has 2 rings (SSSR count). The smallest absolute Gasteiger partial charge is 0.127 e. The fourth-order valence-corrected chi connectivity index (χ4v) is 2.06. The van der Waals surface area contributed by atoms with Gasteiger partial charge < -0.3 is 11.1 Å². The molecule has 0 fully saturated rings. The molecule has 2 nitrogen and oxygen atoms in total. The molecule has 1 aliphatic heterocycles. The Bertz CT molecular complexity index is 290. The lowest BCUT2D eigenvalue weighted by molar-refractivity contribution is 1.08. The van der Waals surface area contributed by atoms with Crippen molar-refractivity contribution in [1.29, 1.82) is 0 Å². The van der Waals surface area contributed by atoms with Crippen molar-refractivity contribution in [2.45, 2.75) is 10.4 Å². The van der Waals surface area contributed by atoms with Crippen molar-refractivity contribution in [3.8, 4) is 0 Å². The molecule has 0 bridgehead atoms. The largest absolute Gasteiger partial charge is 0.360 e. The Morgan fingerprint density at radius 3 is 3.18 bits per heavy atom. The van der Waals surface area contributed by atoms with Gasteiger partial charge in [-0.15, -0.1) is 0 Å². The van der Waals surface area contributed by atoms with Crippen LogP contribution in [0, 0.1) is 0 Å². The number of hydrogen-bond donors (Lipinski definition) is 2. The molecule has 0 aliphatic carbocycles. The molecule has 1 aromatic carbocycles. The van der Waals surface area contributed by atoms with E-state index in [1.165, 1.54) is 4.90 Å². The third kappa shape index (κ3) is 1.31. The standard InChI is InChI=1S/C7H7ClN2S/c8-4-1-2-6-5(3-4)10-7(9)11-6/h1-3,7,10H,9H2. The van der Waals surface area contributed by atoms with Crippen LogP contribution in [0.25, 0.3) is 0 Å². The second-order valence-electron chi connectivity index (χ2n) is 2.32. The molecule has 1 atom stereocenters. The lowest BCUT2D eigenvalue weighted by Crippen LogP contribution is -2.20. The summed E-state index contributed by atoms with van der Waals surface area (Å²) in [5, 5.41) is 3.84. The molecule has 0 amide bonds.